The van der Waals surface area contributed by atoms with E-state index in [1.807, 2.05) is 11.4 Å². The molecular weight excluding hydrogens is 511 g/mol. The molecule has 0 bridgehead atoms. The van der Waals surface area contributed by atoms with Gasteiger partial charge in [0.1, 0.15) is 5.82 Å². The fourth-order valence-corrected chi connectivity index (χ4v) is 7.54. The van der Waals surface area contributed by atoms with E-state index in [0.29, 0.717) is 46.7 Å². The number of hydrogen-bond acceptors (Lipinski definition) is 5. The van der Waals surface area contributed by atoms with Gasteiger partial charge in [-0.25, -0.2) is 17.8 Å². The standard InChI is InChI=1S/C21H19BrClFN2O2S2/c22-19-3-1-2-4-20(19)30(27,28)18-5-7-26(8-6-18)21-25-17(13-29-21)11-14-9-15(23)12-16(24)10-14/h1-4,9-10,12-13,18H,5-8,11H2. The number of rotatable bonds is 5. The van der Waals surface area contributed by atoms with Gasteiger partial charge in [-0.05, 0) is 64.7 Å². The number of anilines is 1. The topological polar surface area (TPSA) is 50.3 Å². The van der Waals surface area contributed by atoms with Crippen molar-refractivity contribution in [3.8, 4) is 0 Å². The van der Waals surface area contributed by atoms with Crippen LogP contribution in [0.4, 0.5) is 9.52 Å². The third-order valence-corrected chi connectivity index (χ3v) is 9.58. The molecule has 0 unspecified atom stereocenters. The molecule has 4 rings (SSSR count). The van der Waals surface area contributed by atoms with Gasteiger partial charge in [0, 0.05) is 34.4 Å². The van der Waals surface area contributed by atoms with E-state index >= 15 is 0 Å². The highest BCUT2D eigenvalue weighted by Crippen LogP contribution is 2.32. The third-order valence-electron chi connectivity index (χ3n) is 5.14. The Labute approximate surface area is 192 Å². The highest BCUT2D eigenvalue weighted by molar-refractivity contribution is 9.10. The summed E-state index contributed by atoms with van der Waals surface area (Å²) in [6.07, 6.45) is 1.61. The summed E-state index contributed by atoms with van der Waals surface area (Å²) in [6.45, 7) is 1.26. The lowest BCUT2D eigenvalue weighted by Crippen LogP contribution is -2.39. The lowest BCUT2D eigenvalue weighted by Gasteiger charge is -2.31. The van der Waals surface area contributed by atoms with E-state index in [9.17, 15) is 12.8 Å². The number of nitrogens with zero attached hydrogens (tertiary/aromatic N) is 2. The molecule has 30 heavy (non-hydrogen) atoms. The van der Waals surface area contributed by atoms with Crippen LogP contribution in [-0.4, -0.2) is 31.7 Å². The molecule has 0 saturated carbocycles. The maximum atomic E-state index is 13.5. The van der Waals surface area contributed by atoms with Crippen LogP contribution in [0.25, 0.3) is 0 Å². The van der Waals surface area contributed by atoms with Crippen LogP contribution in [0.5, 0.6) is 0 Å². The van der Waals surface area contributed by atoms with E-state index in [1.165, 1.54) is 23.5 Å². The van der Waals surface area contributed by atoms with Crippen molar-refractivity contribution in [3.05, 3.63) is 74.4 Å². The van der Waals surface area contributed by atoms with Gasteiger partial charge in [0.15, 0.2) is 15.0 Å². The van der Waals surface area contributed by atoms with E-state index < -0.39 is 15.1 Å². The molecule has 158 valence electrons. The Balaban J connectivity index is 1.42. The van der Waals surface area contributed by atoms with Gasteiger partial charge >= 0.3 is 0 Å². The van der Waals surface area contributed by atoms with Crippen molar-refractivity contribution >= 4 is 53.8 Å². The highest BCUT2D eigenvalue weighted by atomic mass is 79.9. The monoisotopic (exact) mass is 528 g/mol. The zero-order valence-corrected chi connectivity index (χ0v) is 19.9. The van der Waals surface area contributed by atoms with Crippen LogP contribution in [0.15, 0.2) is 57.2 Å². The second-order valence-electron chi connectivity index (χ2n) is 7.24. The van der Waals surface area contributed by atoms with E-state index in [2.05, 4.69) is 25.8 Å². The largest absolute Gasteiger partial charge is 0.348 e. The lowest BCUT2D eigenvalue weighted by molar-refractivity contribution is 0.529. The van der Waals surface area contributed by atoms with Crippen LogP contribution < -0.4 is 4.90 Å². The molecule has 0 atom stereocenters. The van der Waals surface area contributed by atoms with Crippen LogP contribution in [-0.2, 0) is 16.3 Å². The van der Waals surface area contributed by atoms with Crippen LogP contribution in [0.1, 0.15) is 24.1 Å². The molecule has 0 spiro atoms. The van der Waals surface area contributed by atoms with Gasteiger partial charge in [0.05, 0.1) is 15.8 Å². The van der Waals surface area contributed by atoms with Crippen molar-refractivity contribution in [1.29, 1.82) is 0 Å². The first kappa shape index (κ1) is 21.7. The first-order chi connectivity index (χ1) is 14.3. The fourth-order valence-electron chi connectivity index (χ4n) is 3.66. The highest BCUT2D eigenvalue weighted by Gasteiger charge is 2.33. The molecule has 2 heterocycles. The van der Waals surface area contributed by atoms with Gasteiger partial charge in [0.2, 0.25) is 0 Å². The lowest BCUT2D eigenvalue weighted by atomic mass is 10.1. The molecule has 0 amide bonds. The van der Waals surface area contributed by atoms with Crippen molar-refractivity contribution in [1.82, 2.24) is 4.98 Å². The van der Waals surface area contributed by atoms with Crippen molar-refractivity contribution < 1.29 is 12.8 Å². The molecule has 1 fully saturated rings. The number of hydrogen-bond donors (Lipinski definition) is 0. The Morgan fingerprint density at radius 3 is 2.63 bits per heavy atom. The predicted octanol–water partition coefficient (Wildman–Crippen LogP) is 5.73. The Hall–Kier alpha value is -1.48. The van der Waals surface area contributed by atoms with E-state index in [-0.39, 0.29) is 5.82 Å². The molecule has 2 aromatic carbocycles. The van der Waals surface area contributed by atoms with Gasteiger partial charge < -0.3 is 4.90 Å². The Morgan fingerprint density at radius 2 is 1.93 bits per heavy atom. The molecule has 9 heteroatoms. The number of sulfone groups is 1. The summed E-state index contributed by atoms with van der Waals surface area (Å²) >= 11 is 10.8. The predicted molar refractivity (Wildman–Crippen MR) is 123 cm³/mol. The van der Waals surface area contributed by atoms with Gasteiger partial charge in [0.25, 0.3) is 0 Å². The number of aromatic nitrogens is 1. The molecule has 4 nitrogen and oxygen atoms in total. The van der Waals surface area contributed by atoms with Crippen molar-refractivity contribution in [2.24, 2.45) is 0 Å². The zero-order chi connectivity index (χ0) is 21.3. The minimum atomic E-state index is -3.38. The summed E-state index contributed by atoms with van der Waals surface area (Å²) in [6, 6.07) is 11.4. The Kier molecular flexibility index (Phi) is 6.48. The average Bonchev–Trinajstić information content (AvgIpc) is 3.16. The number of benzene rings is 2. The summed E-state index contributed by atoms with van der Waals surface area (Å²) in [5.41, 5.74) is 1.62. The Morgan fingerprint density at radius 1 is 1.20 bits per heavy atom. The molecule has 0 radical (unpaired) electrons. The molecule has 1 saturated heterocycles. The molecule has 3 aromatic rings. The van der Waals surface area contributed by atoms with Gasteiger partial charge in [-0.2, -0.15) is 0 Å². The van der Waals surface area contributed by atoms with Crippen molar-refractivity contribution in [2.45, 2.75) is 29.4 Å². The summed E-state index contributed by atoms with van der Waals surface area (Å²) in [5.74, 6) is -0.360. The molecular formula is C21H19BrClFN2O2S2. The summed E-state index contributed by atoms with van der Waals surface area (Å²) < 4.78 is 40.2. The molecule has 1 aromatic heterocycles. The smallest absolute Gasteiger partial charge is 0.185 e. The number of piperidine rings is 1. The summed E-state index contributed by atoms with van der Waals surface area (Å²) in [7, 11) is -3.38. The van der Waals surface area contributed by atoms with Gasteiger partial charge in [-0.1, -0.05) is 23.7 Å². The van der Waals surface area contributed by atoms with E-state index in [0.717, 1.165) is 16.4 Å². The van der Waals surface area contributed by atoms with Gasteiger partial charge in [-0.3, -0.25) is 0 Å². The number of thiazole rings is 1. The first-order valence-corrected chi connectivity index (χ1v) is 13.1. The summed E-state index contributed by atoms with van der Waals surface area (Å²) in [5, 5.41) is 2.79. The maximum Gasteiger partial charge on any atom is 0.185 e. The fraction of sp³-hybridized carbons (Fsp3) is 0.286. The second-order valence-corrected chi connectivity index (χ2v) is 11.6. The van der Waals surface area contributed by atoms with E-state index in [4.69, 9.17) is 11.6 Å². The van der Waals surface area contributed by atoms with Crippen LogP contribution in [0, 0.1) is 5.82 Å². The second kappa shape index (κ2) is 8.94. The minimum Gasteiger partial charge on any atom is -0.348 e. The van der Waals surface area contributed by atoms with Crippen molar-refractivity contribution in [3.63, 3.8) is 0 Å². The van der Waals surface area contributed by atoms with Gasteiger partial charge in [-0.15, -0.1) is 11.3 Å². The zero-order valence-electron chi connectivity index (χ0n) is 15.9. The minimum absolute atomic E-state index is 0.355. The molecule has 0 aliphatic carbocycles. The van der Waals surface area contributed by atoms with Crippen LogP contribution in [0.3, 0.4) is 0 Å². The quantitative estimate of drug-likeness (QED) is 0.423. The maximum absolute atomic E-state index is 13.5. The van der Waals surface area contributed by atoms with Crippen LogP contribution >= 0.6 is 38.9 Å². The SMILES string of the molecule is O=S(=O)(c1ccccc1Br)C1CCN(c2nc(Cc3cc(F)cc(Cl)c3)cs2)CC1. The number of halogens is 3. The third kappa shape index (κ3) is 4.72. The van der Waals surface area contributed by atoms with Crippen LogP contribution in [0.2, 0.25) is 5.02 Å². The summed E-state index contributed by atoms with van der Waals surface area (Å²) in [4.78, 5) is 7.15. The molecule has 1 aliphatic heterocycles. The average molecular weight is 530 g/mol. The Bertz CT molecular complexity index is 1140. The molecule has 0 N–H and O–H groups in total. The van der Waals surface area contributed by atoms with Crippen molar-refractivity contribution in [2.75, 3.05) is 18.0 Å². The molecule has 1 aliphatic rings. The first-order valence-electron chi connectivity index (χ1n) is 9.45. The van der Waals surface area contributed by atoms with E-state index in [1.54, 1.807) is 24.3 Å². The normalized spacial score (nSPS) is 15.5.